The summed E-state index contributed by atoms with van der Waals surface area (Å²) in [5.41, 5.74) is -0.265. The molecule has 4 bridgehead atoms. The van der Waals surface area contributed by atoms with Crippen molar-refractivity contribution in [2.75, 3.05) is 26.8 Å². The average Bonchev–Trinajstić information content (AvgIpc) is 3.16. The number of nitrogens with one attached hydrogen (secondary N) is 2. The second kappa shape index (κ2) is 10.8. The number of hydrogen-bond donors (Lipinski definition) is 2. The minimum absolute atomic E-state index is 0.0231. The highest BCUT2D eigenvalue weighted by Gasteiger charge is 2.51. The number of sulfonamides is 1. The van der Waals surface area contributed by atoms with Crippen molar-refractivity contribution in [3.8, 4) is 5.75 Å². The molecule has 5 aliphatic rings. The Labute approximate surface area is 223 Å². The smallest absolute Gasteiger partial charge is 0.338 e. The molecule has 1 aromatic carbocycles. The van der Waals surface area contributed by atoms with Gasteiger partial charge in [0.2, 0.25) is 10.0 Å². The Kier molecular flexibility index (Phi) is 7.68. The van der Waals surface area contributed by atoms with Crippen LogP contribution in [-0.2, 0) is 19.6 Å². The van der Waals surface area contributed by atoms with Gasteiger partial charge >= 0.3 is 12.0 Å². The van der Waals surface area contributed by atoms with E-state index in [1.807, 2.05) is 0 Å². The van der Waals surface area contributed by atoms with Crippen LogP contribution in [0.3, 0.4) is 0 Å². The third kappa shape index (κ3) is 5.68. The second-order valence-electron chi connectivity index (χ2n) is 11.5. The van der Waals surface area contributed by atoms with Gasteiger partial charge in [-0.2, -0.15) is 4.31 Å². The number of rotatable bonds is 7. The SMILES string of the molecule is COc1ccc(C(=O)OCC(=O)NC(=O)NC23CC4CC(CC(C4)C2)C3)cc1S(=O)(=O)N1CCCCCC1. The average molecular weight is 548 g/mol. The first-order valence-corrected chi connectivity index (χ1v) is 15.1. The molecule has 1 saturated heterocycles. The highest BCUT2D eigenvalue weighted by atomic mass is 32.2. The molecule has 4 saturated carbocycles. The summed E-state index contributed by atoms with van der Waals surface area (Å²) in [4.78, 5) is 37.5. The van der Waals surface area contributed by atoms with Crippen molar-refractivity contribution in [1.82, 2.24) is 14.9 Å². The number of esters is 1. The molecular formula is C27H37N3O7S. The molecule has 208 valence electrons. The molecule has 2 N–H and O–H groups in total. The molecule has 4 aliphatic carbocycles. The predicted molar refractivity (Wildman–Crippen MR) is 138 cm³/mol. The molecule has 38 heavy (non-hydrogen) atoms. The monoisotopic (exact) mass is 547 g/mol. The van der Waals surface area contributed by atoms with E-state index in [-0.39, 0.29) is 21.7 Å². The van der Waals surface area contributed by atoms with Crippen molar-refractivity contribution in [2.45, 2.75) is 74.6 Å². The van der Waals surface area contributed by atoms with Crippen molar-refractivity contribution < 1.29 is 32.3 Å². The highest BCUT2D eigenvalue weighted by Crippen LogP contribution is 2.55. The third-order valence-electron chi connectivity index (χ3n) is 8.59. The van der Waals surface area contributed by atoms with Crippen molar-refractivity contribution in [3.63, 3.8) is 0 Å². The van der Waals surface area contributed by atoms with Gasteiger partial charge in [0, 0.05) is 18.6 Å². The van der Waals surface area contributed by atoms with Crippen LogP contribution >= 0.6 is 0 Å². The van der Waals surface area contributed by atoms with E-state index < -0.39 is 34.5 Å². The Bertz CT molecular complexity index is 1160. The number of ether oxygens (including phenoxy) is 2. The maximum Gasteiger partial charge on any atom is 0.338 e. The molecule has 0 spiro atoms. The van der Waals surface area contributed by atoms with Gasteiger partial charge < -0.3 is 14.8 Å². The minimum Gasteiger partial charge on any atom is -0.495 e. The zero-order valence-corrected chi connectivity index (χ0v) is 22.7. The molecule has 11 heteroatoms. The van der Waals surface area contributed by atoms with Gasteiger partial charge in [0.25, 0.3) is 5.91 Å². The van der Waals surface area contributed by atoms with E-state index in [4.69, 9.17) is 9.47 Å². The lowest BCUT2D eigenvalue weighted by Gasteiger charge is -2.56. The third-order valence-corrected chi connectivity index (χ3v) is 10.5. The number of nitrogens with zero attached hydrogens (tertiary/aromatic N) is 1. The molecule has 3 amide bonds. The number of carbonyl (C=O) groups excluding carboxylic acids is 3. The van der Waals surface area contributed by atoms with Crippen LogP contribution < -0.4 is 15.4 Å². The van der Waals surface area contributed by atoms with E-state index >= 15 is 0 Å². The standard InChI is InChI=1S/C27H37N3O7S/c1-36-22-7-6-21(13-23(22)38(34,35)30-8-4-2-3-5-9-30)25(32)37-17-24(31)28-26(33)29-27-14-18-10-19(15-27)12-20(11-18)16-27/h6-7,13,18-20H,2-5,8-12,14-17H2,1H3,(H2,28,29,31,33). The lowest BCUT2D eigenvalue weighted by Crippen LogP contribution is -2.62. The zero-order chi connectivity index (χ0) is 26.9. The number of hydrogen-bond acceptors (Lipinski definition) is 7. The van der Waals surface area contributed by atoms with Crippen molar-refractivity contribution in [1.29, 1.82) is 0 Å². The van der Waals surface area contributed by atoms with Crippen LogP contribution in [0.5, 0.6) is 5.75 Å². The first kappa shape index (κ1) is 26.9. The van der Waals surface area contributed by atoms with Crippen LogP contribution in [0.25, 0.3) is 0 Å². The molecule has 1 heterocycles. The Balaban J connectivity index is 1.18. The van der Waals surface area contributed by atoms with E-state index in [0.29, 0.717) is 30.8 Å². The van der Waals surface area contributed by atoms with Gasteiger partial charge in [-0.25, -0.2) is 18.0 Å². The lowest BCUT2D eigenvalue weighted by atomic mass is 9.53. The van der Waals surface area contributed by atoms with Gasteiger partial charge in [-0.1, -0.05) is 12.8 Å². The van der Waals surface area contributed by atoms with Gasteiger partial charge in [0.15, 0.2) is 6.61 Å². The van der Waals surface area contributed by atoms with Gasteiger partial charge in [-0.05, 0) is 87.3 Å². The number of amides is 3. The topological polar surface area (TPSA) is 131 Å². The summed E-state index contributed by atoms with van der Waals surface area (Å²) < 4.78 is 38.5. The molecule has 10 nitrogen and oxygen atoms in total. The Hall–Kier alpha value is -2.66. The van der Waals surface area contributed by atoms with Crippen LogP contribution in [0.1, 0.15) is 74.6 Å². The second-order valence-corrected chi connectivity index (χ2v) is 13.4. The number of methoxy groups -OCH3 is 1. The molecule has 1 aliphatic heterocycles. The molecule has 1 aromatic rings. The summed E-state index contributed by atoms with van der Waals surface area (Å²) in [6.07, 6.45) is 10.1. The van der Waals surface area contributed by atoms with Crippen LogP contribution in [-0.4, -0.2) is 63.0 Å². The Morgan fingerprint density at radius 2 is 1.58 bits per heavy atom. The summed E-state index contributed by atoms with van der Waals surface area (Å²) in [7, 11) is -2.52. The number of imide groups is 1. The fourth-order valence-corrected chi connectivity index (χ4v) is 9.04. The molecular weight excluding hydrogens is 510 g/mol. The first-order valence-electron chi connectivity index (χ1n) is 13.6. The summed E-state index contributed by atoms with van der Waals surface area (Å²) in [6, 6.07) is 3.45. The number of urea groups is 1. The van der Waals surface area contributed by atoms with E-state index in [0.717, 1.165) is 44.9 Å². The van der Waals surface area contributed by atoms with E-state index in [1.54, 1.807) is 0 Å². The maximum atomic E-state index is 13.3. The van der Waals surface area contributed by atoms with Crippen molar-refractivity contribution >= 4 is 27.9 Å². The Morgan fingerprint density at radius 1 is 0.974 bits per heavy atom. The van der Waals surface area contributed by atoms with Gasteiger partial charge in [0.05, 0.1) is 12.7 Å². The Morgan fingerprint density at radius 3 is 2.16 bits per heavy atom. The van der Waals surface area contributed by atoms with Crippen molar-refractivity contribution in [3.05, 3.63) is 23.8 Å². The highest BCUT2D eigenvalue weighted by molar-refractivity contribution is 7.89. The molecule has 5 fully saturated rings. The molecule has 0 radical (unpaired) electrons. The summed E-state index contributed by atoms with van der Waals surface area (Å²) in [5, 5.41) is 5.33. The van der Waals surface area contributed by atoms with Crippen molar-refractivity contribution in [2.24, 2.45) is 17.8 Å². The quantitative estimate of drug-likeness (QED) is 0.501. The minimum atomic E-state index is -3.89. The van der Waals surface area contributed by atoms with E-state index in [2.05, 4.69) is 10.6 Å². The number of benzene rings is 1. The fourth-order valence-electron chi connectivity index (χ4n) is 7.34. The van der Waals surface area contributed by atoms with Gasteiger partial charge in [-0.3, -0.25) is 10.1 Å². The van der Waals surface area contributed by atoms with E-state index in [1.165, 1.54) is 48.9 Å². The predicted octanol–water partition coefficient (Wildman–Crippen LogP) is 3.21. The fraction of sp³-hybridized carbons (Fsp3) is 0.667. The molecule has 0 atom stereocenters. The van der Waals surface area contributed by atoms with Crippen LogP contribution in [0.2, 0.25) is 0 Å². The summed E-state index contributed by atoms with van der Waals surface area (Å²) >= 11 is 0. The van der Waals surface area contributed by atoms with Crippen LogP contribution in [0.4, 0.5) is 4.79 Å². The van der Waals surface area contributed by atoms with Gasteiger partial charge in [0.1, 0.15) is 10.6 Å². The van der Waals surface area contributed by atoms with E-state index in [9.17, 15) is 22.8 Å². The summed E-state index contributed by atoms with van der Waals surface area (Å²) in [5.74, 6) is 0.468. The van der Waals surface area contributed by atoms with Crippen LogP contribution in [0.15, 0.2) is 23.1 Å². The first-order chi connectivity index (χ1) is 18.2. The van der Waals surface area contributed by atoms with Gasteiger partial charge in [-0.15, -0.1) is 0 Å². The zero-order valence-electron chi connectivity index (χ0n) is 21.9. The molecule has 0 aromatic heterocycles. The maximum absolute atomic E-state index is 13.3. The molecule has 0 unspecified atom stereocenters. The molecule has 6 rings (SSSR count). The largest absolute Gasteiger partial charge is 0.495 e. The lowest BCUT2D eigenvalue weighted by molar-refractivity contribution is -0.123. The van der Waals surface area contributed by atoms with Crippen LogP contribution in [0, 0.1) is 17.8 Å². The normalized spacial score (nSPS) is 28.8. The number of carbonyl (C=O) groups is 3. The summed E-state index contributed by atoms with van der Waals surface area (Å²) in [6.45, 7) is 0.157.